The highest BCUT2D eigenvalue weighted by Crippen LogP contribution is 2.26. The van der Waals surface area contributed by atoms with Gasteiger partial charge in [-0.25, -0.2) is 9.97 Å². The fourth-order valence-corrected chi connectivity index (χ4v) is 2.81. The molecule has 0 atom stereocenters. The van der Waals surface area contributed by atoms with Crippen molar-refractivity contribution in [3.63, 3.8) is 0 Å². The number of pyridine rings is 1. The smallest absolute Gasteiger partial charge is 0.225 e. The molecule has 0 aliphatic carbocycles. The molecule has 3 aromatic rings. The molecule has 0 saturated carbocycles. The van der Waals surface area contributed by atoms with Crippen LogP contribution in [-0.4, -0.2) is 31.6 Å². The van der Waals surface area contributed by atoms with Crippen LogP contribution < -0.4 is 4.74 Å². The third-order valence-electron chi connectivity index (χ3n) is 3.46. The first kappa shape index (κ1) is 15.0. The Kier molecular flexibility index (Phi) is 3.88. The van der Waals surface area contributed by atoms with Crippen molar-refractivity contribution in [3.05, 3.63) is 39.8 Å². The summed E-state index contributed by atoms with van der Waals surface area (Å²) in [6.07, 6.45) is 3.43. The molecule has 0 bridgehead atoms. The lowest BCUT2D eigenvalue weighted by atomic mass is 10.1. The Balaban J connectivity index is 2.08. The Morgan fingerprint density at radius 1 is 1.18 bits per heavy atom. The maximum atomic E-state index is 6.03. The number of hydrogen-bond donors (Lipinski definition) is 0. The normalized spacial score (nSPS) is 11.1. The monoisotopic (exact) mass is 337 g/mol. The van der Waals surface area contributed by atoms with Crippen LogP contribution in [-0.2, 0) is 6.54 Å². The summed E-state index contributed by atoms with van der Waals surface area (Å²) in [5.74, 6) is 0.833. The van der Waals surface area contributed by atoms with Crippen molar-refractivity contribution in [2.45, 2.75) is 20.4 Å². The van der Waals surface area contributed by atoms with Gasteiger partial charge < -0.3 is 9.30 Å². The minimum Gasteiger partial charge on any atom is -0.496 e. The van der Waals surface area contributed by atoms with Crippen LogP contribution in [0.1, 0.15) is 16.8 Å². The van der Waals surface area contributed by atoms with E-state index in [1.807, 2.05) is 18.4 Å². The van der Waals surface area contributed by atoms with Gasteiger partial charge in [-0.2, -0.15) is 4.98 Å². The van der Waals surface area contributed by atoms with Crippen LogP contribution in [0.4, 0.5) is 0 Å². The SMILES string of the molecule is COc1c(C)cnc(Cn2cnc3c(Cl)nc(Cl)nc32)c1C. The number of nitrogens with zero attached hydrogens (tertiary/aromatic N) is 5. The van der Waals surface area contributed by atoms with E-state index in [-0.39, 0.29) is 10.4 Å². The first-order valence-corrected chi connectivity index (χ1v) is 7.29. The quantitative estimate of drug-likeness (QED) is 0.542. The van der Waals surface area contributed by atoms with Crippen molar-refractivity contribution in [2.24, 2.45) is 0 Å². The molecule has 0 aliphatic rings. The van der Waals surface area contributed by atoms with Gasteiger partial charge in [0.15, 0.2) is 10.8 Å². The molecule has 3 rings (SSSR count). The molecule has 8 heteroatoms. The molecule has 3 heterocycles. The molecule has 0 fully saturated rings. The average molecular weight is 338 g/mol. The zero-order valence-corrected chi connectivity index (χ0v) is 13.8. The first-order valence-electron chi connectivity index (χ1n) is 6.54. The highest BCUT2D eigenvalue weighted by Gasteiger charge is 2.14. The van der Waals surface area contributed by atoms with Crippen molar-refractivity contribution in [2.75, 3.05) is 7.11 Å². The Morgan fingerprint density at radius 2 is 1.95 bits per heavy atom. The molecular formula is C14H13Cl2N5O. The molecule has 0 amide bonds. The van der Waals surface area contributed by atoms with E-state index in [9.17, 15) is 0 Å². The highest BCUT2D eigenvalue weighted by atomic mass is 35.5. The molecule has 6 nitrogen and oxygen atoms in total. The number of aromatic nitrogens is 5. The molecule has 114 valence electrons. The van der Waals surface area contributed by atoms with Crippen LogP contribution in [0.3, 0.4) is 0 Å². The second-order valence-corrected chi connectivity index (χ2v) is 5.57. The van der Waals surface area contributed by atoms with Crippen molar-refractivity contribution in [1.82, 2.24) is 24.5 Å². The molecule has 0 saturated heterocycles. The third kappa shape index (κ3) is 2.48. The maximum absolute atomic E-state index is 6.03. The summed E-state index contributed by atoms with van der Waals surface area (Å²) in [7, 11) is 1.65. The molecule has 0 aliphatic heterocycles. The molecule has 0 radical (unpaired) electrons. The molecule has 0 N–H and O–H groups in total. The zero-order chi connectivity index (χ0) is 15.9. The van der Waals surface area contributed by atoms with E-state index >= 15 is 0 Å². The van der Waals surface area contributed by atoms with Crippen molar-refractivity contribution in [1.29, 1.82) is 0 Å². The van der Waals surface area contributed by atoms with Gasteiger partial charge in [0.2, 0.25) is 5.28 Å². The Hall–Kier alpha value is -1.92. The lowest BCUT2D eigenvalue weighted by molar-refractivity contribution is 0.406. The summed E-state index contributed by atoms with van der Waals surface area (Å²) in [6, 6.07) is 0. The molecule has 3 aromatic heterocycles. The summed E-state index contributed by atoms with van der Waals surface area (Å²) in [6.45, 7) is 4.42. The first-order chi connectivity index (χ1) is 10.5. The predicted octanol–water partition coefficient (Wildman–Crippen LogP) is 3.20. The van der Waals surface area contributed by atoms with Crippen LogP contribution >= 0.6 is 23.2 Å². The van der Waals surface area contributed by atoms with Gasteiger partial charge in [0.05, 0.1) is 25.7 Å². The number of hydrogen-bond acceptors (Lipinski definition) is 5. The van der Waals surface area contributed by atoms with Crippen LogP contribution in [0.15, 0.2) is 12.5 Å². The second-order valence-electron chi connectivity index (χ2n) is 4.87. The zero-order valence-electron chi connectivity index (χ0n) is 12.3. The molecule has 22 heavy (non-hydrogen) atoms. The van der Waals surface area contributed by atoms with Crippen molar-refractivity contribution < 1.29 is 4.74 Å². The fourth-order valence-electron chi connectivity index (χ4n) is 2.39. The second kappa shape index (κ2) is 5.70. The van der Waals surface area contributed by atoms with E-state index in [1.54, 1.807) is 19.6 Å². The standard InChI is InChI=1S/C14H13Cl2N5O/c1-7-4-17-9(8(2)11(7)22-3)5-21-6-18-10-12(15)19-14(16)20-13(10)21/h4,6H,5H2,1-3H3. The fraction of sp³-hybridized carbons (Fsp3) is 0.286. The van der Waals surface area contributed by atoms with Gasteiger partial charge in [0.25, 0.3) is 0 Å². The Labute approximate surface area is 137 Å². The van der Waals surface area contributed by atoms with Crippen LogP contribution in [0.25, 0.3) is 11.2 Å². The summed E-state index contributed by atoms with van der Waals surface area (Å²) in [4.78, 5) is 16.8. The number of aryl methyl sites for hydroxylation is 1. The Morgan fingerprint density at radius 3 is 2.68 bits per heavy atom. The van der Waals surface area contributed by atoms with Gasteiger partial charge in [0.1, 0.15) is 11.3 Å². The third-order valence-corrected chi connectivity index (χ3v) is 3.90. The van der Waals surface area contributed by atoms with Gasteiger partial charge in [-0.15, -0.1) is 0 Å². The largest absolute Gasteiger partial charge is 0.496 e. The lowest BCUT2D eigenvalue weighted by Gasteiger charge is -2.12. The van der Waals surface area contributed by atoms with Gasteiger partial charge in [-0.3, -0.25) is 4.98 Å². The van der Waals surface area contributed by atoms with Crippen LogP contribution in [0, 0.1) is 13.8 Å². The summed E-state index contributed by atoms with van der Waals surface area (Å²) in [5, 5.41) is 0.324. The minimum atomic E-state index is 0.0883. The van der Waals surface area contributed by atoms with Gasteiger partial charge in [-0.05, 0) is 25.4 Å². The van der Waals surface area contributed by atoms with Crippen LogP contribution in [0.5, 0.6) is 5.75 Å². The minimum absolute atomic E-state index is 0.0883. The van der Waals surface area contributed by atoms with E-state index in [0.717, 1.165) is 22.6 Å². The number of halogens is 2. The maximum Gasteiger partial charge on any atom is 0.225 e. The average Bonchev–Trinajstić information content (AvgIpc) is 2.86. The Bertz CT molecular complexity index is 862. The van der Waals surface area contributed by atoms with E-state index in [1.165, 1.54) is 0 Å². The number of fused-ring (bicyclic) bond motifs is 1. The molecule has 0 aromatic carbocycles. The highest BCUT2D eigenvalue weighted by molar-refractivity contribution is 6.35. The molecular weight excluding hydrogens is 325 g/mol. The number of methoxy groups -OCH3 is 1. The van der Waals surface area contributed by atoms with Gasteiger partial charge in [0, 0.05) is 17.3 Å². The van der Waals surface area contributed by atoms with E-state index in [4.69, 9.17) is 27.9 Å². The summed E-state index contributed by atoms with van der Waals surface area (Å²) < 4.78 is 7.26. The van der Waals surface area contributed by atoms with Crippen LogP contribution in [0.2, 0.25) is 10.4 Å². The topological polar surface area (TPSA) is 65.7 Å². The lowest BCUT2D eigenvalue weighted by Crippen LogP contribution is -2.06. The predicted molar refractivity (Wildman–Crippen MR) is 84.7 cm³/mol. The van der Waals surface area contributed by atoms with Gasteiger partial charge in [-0.1, -0.05) is 11.6 Å². The van der Waals surface area contributed by atoms with E-state index < -0.39 is 0 Å². The number of imidazole rings is 1. The van der Waals surface area contributed by atoms with Crippen molar-refractivity contribution in [3.8, 4) is 5.75 Å². The van der Waals surface area contributed by atoms with Gasteiger partial charge >= 0.3 is 0 Å². The van der Waals surface area contributed by atoms with Crippen molar-refractivity contribution >= 4 is 34.4 Å². The molecule has 0 unspecified atom stereocenters. The van der Waals surface area contributed by atoms with E-state index in [2.05, 4.69) is 19.9 Å². The summed E-state index contributed by atoms with van der Waals surface area (Å²) in [5.41, 5.74) is 3.93. The summed E-state index contributed by atoms with van der Waals surface area (Å²) >= 11 is 11.9. The number of rotatable bonds is 3. The molecule has 0 spiro atoms. The number of ether oxygens (including phenoxy) is 1. The van der Waals surface area contributed by atoms with E-state index in [0.29, 0.717) is 17.7 Å².